The van der Waals surface area contributed by atoms with Gasteiger partial charge in [0.2, 0.25) is 0 Å². The summed E-state index contributed by atoms with van der Waals surface area (Å²) in [6, 6.07) is 8.04. The number of piperazine rings is 1. The lowest BCUT2D eigenvalue weighted by Gasteiger charge is -2.48. The number of likely N-dealkylation sites (tertiary alicyclic amines) is 1. The van der Waals surface area contributed by atoms with E-state index >= 15 is 0 Å². The van der Waals surface area contributed by atoms with Gasteiger partial charge in [-0.1, -0.05) is 35.0 Å². The Bertz CT molecular complexity index is 1020. The van der Waals surface area contributed by atoms with E-state index in [0.29, 0.717) is 6.42 Å². The van der Waals surface area contributed by atoms with Crippen molar-refractivity contribution in [2.24, 2.45) is 0 Å². The van der Waals surface area contributed by atoms with Crippen LogP contribution in [0.2, 0.25) is 0 Å². The van der Waals surface area contributed by atoms with Gasteiger partial charge in [-0.05, 0) is 42.9 Å². The molecule has 0 saturated carbocycles. The lowest BCUT2D eigenvalue weighted by Crippen LogP contribution is -2.60. The van der Waals surface area contributed by atoms with Crippen molar-refractivity contribution < 1.29 is 15.0 Å². The summed E-state index contributed by atoms with van der Waals surface area (Å²) >= 11 is 3.50. The van der Waals surface area contributed by atoms with Gasteiger partial charge in [0.15, 0.2) is 0 Å². The minimum absolute atomic E-state index is 0.0554. The van der Waals surface area contributed by atoms with E-state index in [1.165, 1.54) is 0 Å². The summed E-state index contributed by atoms with van der Waals surface area (Å²) in [5, 5.41) is 20.5. The van der Waals surface area contributed by atoms with Gasteiger partial charge in [-0.2, -0.15) is 0 Å². The van der Waals surface area contributed by atoms with Gasteiger partial charge in [0.05, 0.1) is 30.0 Å². The molecule has 8 nitrogen and oxygen atoms in total. The van der Waals surface area contributed by atoms with E-state index in [0.717, 1.165) is 85.5 Å². The Labute approximate surface area is 215 Å². The molecule has 2 saturated heterocycles. The Hall–Kier alpha value is -1.91. The zero-order valence-corrected chi connectivity index (χ0v) is 21.7. The first-order valence-electron chi connectivity index (χ1n) is 12.6. The molecule has 0 spiro atoms. The zero-order chi connectivity index (χ0) is 24.5. The fourth-order valence-electron chi connectivity index (χ4n) is 5.99. The Morgan fingerprint density at radius 3 is 2.31 bits per heavy atom. The molecule has 2 aromatic rings. The van der Waals surface area contributed by atoms with E-state index in [1.807, 2.05) is 24.3 Å². The van der Waals surface area contributed by atoms with Gasteiger partial charge in [0.25, 0.3) is 0 Å². The lowest BCUT2D eigenvalue weighted by atomic mass is 9.93. The molecule has 4 atom stereocenters. The molecule has 1 aliphatic carbocycles. The maximum Gasteiger partial charge on any atom is 0.135 e. The molecule has 0 bridgehead atoms. The van der Waals surface area contributed by atoms with E-state index < -0.39 is 6.10 Å². The topological polar surface area (TPSA) is 93.0 Å². The molecule has 3 aliphatic rings. The average Bonchev–Trinajstić information content (AvgIpc) is 3.17. The van der Waals surface area contributed by atoms with E-state index in [1.54, 1.807) is 6.33 Å². The van der Waals surface area contributed by atoms with Crippen LogP contribution in [0.1, 0.15) is 60.9 Å². The molecule has 188 valence electrons. The third kappa shape index (κ3) is 5.02. The number of carbonyl (C=O) groups excluding carboxylic acids is 1. The lowest BCUT2D eigenvalue weighted by molar-refractivity contribution is -0.114. The van der Waals surface area contributed by atoms with Gasteiger partial charge in [-0.15, -0.1) is 0 Å². The Morgan fingerprint density at radius 2 is 1.66 bits per heavy atom. The van der Waals surface area contributed by atoms with E-state index in [4.69, 9.17) is 0 Å². The second-order valence-electron chi connectivity index (χ2n) is 10.1. The molecular formula is C26H34BrN5O3. The standard InChI is InChI=1S/C26H34BrN5O3/c1-17-14-22(35)24-23(17)25(29-16-28-24)30-10-12-32(13-11-30)26(31-8-6-20(34)7-9-31)21(15-33)18-2-4-19(27)5-3-18/h2-5,15-17,20-22,26,34-35H,6-14H2,1H3/t17-,21?,22-,26?/m1/s1. The minimum Gasteiger partial charge on any atom is -0.393 e. The summed E-state index contributed by atoms with van der Waals surface area (Å²) in [7, 11) is 0. The van der Waals surface area contributed by atoms with Crippen LogP contribution in [0, 0.1) is 0 Å². The second-order valence-corrected chi connectivity index (χ2v) is 11.0. The largest absolute Gasteiger partial charge is 0.393 e. The molecule has 9 heteroatoms. The highest BCUT2D eigenvalue weighted by Crippen LogP contribution is 2.43. The highest BCUT2D eigenvalue weighted by molar-refractivity contribution is 9.10. The molecule has 2 unspecified atom stereocenters. The number of piperidine rings is 1. The highest BCUT2D eigenvalue weighted by atomic mass is 79.9. The van der Waals surface area contributed by atoms with Crippen LogP contribution in [0.4, 0.5) is 5.82 Å². The van der Waals surface area contributed by atoms with Gasteiger partial charge in [0, 0.05) is 49.3 Å². The summed E-state index contributed by atoms with van der Waals surface area (Å²) in [4.78, 5) is 28.6. The molecule has 2 aliphatic heterocycles. The molecule has 3 heterocycles. The number of aromatic nitrogens is 2. The van der Waals surface area contributed by atoms with Crippen molar-refractivity contribution in [3.8, 4) is 0 Å². The molecule has 5 rings (SSSR count). The molecule has 2 fully saturated rings. The summed E-state index contributed by atoms with van der Waals surface area (Å²) < 4.78 is 0.994. The maximum absolute atomic E-state index is 12.5. The van der Waals surface area contributed by atoms with Crippen molar-refractivity contribution >= 4 is 28.0 Å². The minimum atomic E-state index is -0.513. The third-order valence-corrected chi connectivity index (χ3v) is 8.39. The molecule has 2 N–H and O–H groups in total. The third-order valence-electron chi connectivity index (χ3n) is 7.86. The number of hydrogen-bond acceptors (Lipinski definition) is 8. The van der Waals surface area contributed by atoms with Gasteiger partial charge >= 0.3 is 0 Å². The van der Waals surface area contributed by atoms with E-state index in [2.05, 4.69) is 47.5 Å². The van der Waals surface area contributed by atoms with Crippen molar-refractivity contribution in [2.45, 2.75) is 56.4 Å². The monoisotopic (exact) mass is 543 g/mol. The number of anilines is 1. The van der Waals surface area contributed by atoms with Gasteiger partial charge < -0.3 is 19.9 Å². The Morgan fingerprint density at radius 1 is 1.00 bits per heavy atom. The Kier molecular flexibility index (Phi) is 7.50. The predicted molar refractivity (Wildman–Crippen MR) is 137 cm³/mol. The number of carbonyl (C=O) groups is 1. The van der Waals surface area contributed by atoms with Crippen molar-refractivity contribution in [1.82, 2.24) is 19.8 Å². The Balaban J connectivity index is 1.37. The van der Waals surface area contributed by atoms with Crippen LogP contribution in [0.3, 0.4) is 0 Å². The number of aldehydes is 1. The van der Waals surface area contributed by atoms with Gasteiger partial charge in [-0.3, -0.25) is 9.80 Å². The number of benzene rings is 1. The van der Waals surface area contributed by atoms with Crippen LogP contribution >= 0.6 is 15.9 Å². The van der Waals surface area contributed by atoms with Crippen LogP contribution in [-0.2, 0) is 4.79 Å². The van der Waals surface area contributed by atoms with Crippen molar-refractivity contribution in [3.63, 3.8) is 0 Å². The maximum atomic E-state index is 12.5. The number of aliphatic hydroxyl groups excluding tert-OH is 2. The number of rotatable bonds is 6. The predicted octanol–water partition coefficient (Wildman–Crippen LogP) is 2.67. The fraction of sp³-hybridized carbons (Fsp3) is 0.577. The van der Waals surface area contributed by atoms with Crippen LogP contribution in [-0.4, -0.2) is 87.8 Å². The molecule has 1 aromatic heterocycles. The summed E-state index contributed by atoms with van der Waals surface area (Å²) in [5.74, 6) is 0.901. The van der Waals surface area contributed by atoms with E-state index in [-0.39, 0.29) is 24.1 Å². The summed E-state index contributed by atoms with van der Waals surface area (Å²) in [6.07, 6.45) is 3.99. The van der Waals surface area contributed by atoms with Crippen LogP contribution in [0.25, 0.3) is 0 Å². The SMILES string of the molecule is C[C@@H]1C[C@@H](O)c2ncnc(N3CCN(C(C(C=O)c4ccc(Br)cc4)N4CCC(O)CC4)CC3)c21. The first kappa shape index (κ1) is 24.8. The fourth-order valence-corrected chi connectivity index (χ4v) is 6.26. The molecule has 0 radical (unpaired) electrons. The smallest absolute Gasteiger partial charge is 0.135 e. The zero-order valence-electron chi connectivity index (χ0n) is 20.1. The van der Waals surface area contributed by atoms with Crippen LogP contribution in [0.15, 0.2) is 35.1 Å². The summed E-state index contributed by atoms with van der Waals surface area (Å²) in [5.41, 5.74) is 2.86. The number of aliphatic hydroxyl groups is 2. The number of halogens is 1. The molecule has 35 heavy (non-hydrogen) atoms. The first-order chi connectivity index (χ1) is 17.0. The van der Waals surface area contributed by atoms with Crippen molar-refractivity contribution in [1.29, 1.82) is 0 Å². The average molecular weight is 544 g/mol. The van der Waals surface area contributed by atoms with Crippen LogP contribution in [0.5, 0.6) is 0 Å². The summed E-state index contributed by atoms with van der Waals surface area (Å²) in [6.45, 7) is 6.90. The quantitative estimate of drug-likeness (QED) is 0.537. The number of hydrogen-bond donors (Lipinski definition) is 2. The van der Waals surface area contributed by atoms with Crippen molar-refractivity contribution in [2.75, 3.05) is 44.2 Å². The van der Waals surface area contributed by atoms with Crippen molar-refractivity contribution in [3.05, 3.63) is 51.9 Å². The van der Waals surface area contributed by atoms with Gasteiger partial charge in [0.1, 0.15) is 18.4 Å². The first-order valence-corrected chi connectivity index (χ1v) is 13.4. The van der Waals surface area contributed by atoms with Gasteiger partial charge in [-0.25, -0.2) is 9.97 Å². The molecule has 1 aromatic carbocycles. The van der Waals surface area contributed by atoms with Crippen LogP contribution < -0.4 is 4.90 Å². The van der Waals surface area contributed by atoms with E-state index in [9.17, 15) is 15.0 Å². The normalized spacial score (nSPS) is 25.9. The molecule has 0 amide bonds. The second kappa shape index (κ2) is 10.6. The number of fused-ring (bicyclic) bond motifs is 1. The highest BCUT2D eigenvalue weighted by Gasteiger charge is 2.38. The molecular weight excluding hydrogens is 510 g/mol. The number of nitrogens with zero attached hydrogens (tertiary/aromatic N) is 5.